The van der Waals surface area contributed by atoms with Gasteiger partial charge in [0.1, 0.15) is 0 Å². The quantitative estimate of drug-likeness (QED) is 0.186. The molecule has 3 heteroatoms. The molecule has 0 saturated heterocycles. The Morgan fingerprint density at radius 1 is 0.415 bits per heavy atom. The number of aromatic nitrogens is 3. The fourth-order valence-electron chi connectivity index (χ4n) is 12.2. The summed E-state index contributed by atoms with van der Waals surface area (Å²) in [7, 11) is 0. The van der Waals surface area contributed by atoms with Crippen molar-refractivity contribution in [1.82, 2.24) is 15.0 Å². The highest BCUT2D eigenvalue weighted by atomic mass is 15.0. The van der Waals surface area contributed by atoms with Gasteiger partial charge in [0.25, 0.3) is 0 Å². The number of benzene rings is 6. The zero-order valence-corrected chi connectivity index (χ0v) is 30.3. The van der Waals surface area contributed by atoms with Crippen molar-refractivity contribution in [2.45, 2.75) is 56.8 Å². The van der Waals surface area contributed by atoms with Crippen LogP contribution in [0.5, 0.6) is 0 Å². The fraction of sp³-hybridized carbons (Fsp3) is 0.260. The molecule has 256 valence electrons. The van der Waals surface area contributed by atoms with E-state index in [1.54, 1.807) is 5.56 Å². The van der Waals surface area contributed by atoms with Crippen molar-refractivity contribution in [3.8, 4) is 56.4 Å². The molecule has 13 rings (SSSR count). The molecule has 6 aromatic carbocycles. The second kappa shape index (κ2) is 10.6. The summed E-state index contributed by atoms with van der Waals surface area (Å²) in [6.07, 6.45) is 6.87. The average Bonchev–Trinajstić information content (AvgIpc) is 3.60. The predicted molar refractivity (Wildman–Crippen MR) is 214 cm³/mol. The summed E-state index contributed by atoms with van der Waals surface area (Å²) in [5.41, 5.74) is 14.4. The van der Waals surface area contributed by atoms with Gasteiger partial charge >= 0.3 is 0 Å². The highest BCUT2D eigenvalue weighted by Gasteiger charge is 2.61. The summed E-state index contributed by atoms with van der Waals surface area (Å²) < 4.78 is 0. The smallest absolute Gasteiger partial charge is 0.164 e. The third kappa shape index (κ3) is 4.08. The first-order valence-electron chi connectivity index (χ1n) is 19.7. The van der Waals surface area contributed by atoms with Gasteiger partial charge < -0.3 is 0 Å². The van der Waals surface area contributed by atoms with Crippen molar-refractivity contribution in [1.29, 1.82) is 0 Å². The largest absolute Gasteiger partial charge is 0.208 e. The third-order valence-corrected chi connectivity index (χ3v) is 14.3. The molecule has 0 atom stereocenters. The normalized spacial score (nSPS) is 25.0. The zero-order chi connectivity index (χ0) is 35.1. The number of hydrogen-bond acceptors (Lipinski definition) is 3. The molecule has 4 bridgehead atoms. The number of fused-ring (bicyclic) bond motifs is 7. The summed E-state index contributed by atoms with van der Waals surface area (Å²) in [4.78, 5) is 15.8. The lowest BCUT2D eigenvalue weighted by Crippen LogP contribution is -2.55. The minimum atomic E-state index is -0.0500. The average molecular weight is 684 g/mol. The van der Waals surface area contributed by atoms with Gasteiger partial charge in [-0.1, -0.05) is 117 Å². The standard InChI is InChI=1S/C50H41N3/c1-49(2)42-15-9-8-14-38(42)40-26-34(17-19-43(40)49)47-51-46(31-10-4-3-5-11-31)52-48(53-47)35-16-18-39-41-25-32-12-6-7-13-33(32)27-45(41)50(44(39)28-35)36-21-29-20-30(23-36)24-37(50)22-29/h3-19,25-30,36-37H,20-24H2,1-2H3. The maximum atomic E-state index is 5.34. The van der Waals surface area contributed by atoms with E-state index in [2.05, 4.69) is 141 Å². The van der Waals surface area contributed by atoms with Gasteiger partial charge in [0.05, 0.1) is 0 Å². The van der Waals surface area contributed by atoms with Crippen LogP contribution in [-0.4, -0.2) is 15.0 Å². The molecule has 1 spiro atoms. The lowest BCUT2D eigenvalue weighted by molar-refractivity contribution is -0.0398. The van der Waals surface area contributed by atoms with Crippen molar-refractivity contribution in [3.63, 3.8) is 0 Å². The van der Waals surface area contributed by atoms with Gasteiger partial charge in [0, 0.05) is 27.5 Å². The molecule has 0 aliphatic heterocycles. The molecule has 6 aliphatic rings. The Balaban J connectivity index is 1.06. The van der Waals surface area contributed by atoms with Crippen LogP contribution in [0.1, 0.15) is 68.2 Å². The van der Waals surface area contributed by atoms with Gasteiger partial charge in [-0.2, -0.15) is 0 Å². The second-order valence-corrected chi connectivity index (χ2v) is 17.3. The fourth-order valence-corrected chi connectivity index (χ4v) is 12.2. The lowest BCUT2D eigenvalue weighted by atomic mass is 9.43. The van der Waals surface area contributed by atoms with Crippen LogP contribution in [0, 0.1) is 23.7 Å². The number of rotatable bonds is 3. The Morgan fingerprint density at radius 2 is 0.943 bits per heavy atom. The molecular weight excluding hydrogens is 643 g/mol. The molecule has 3 nitrogen and oxygen atoms in total. The Bertz CT molecular complexity index is 2640. The first-order valence-corrected chi connectivity index (χ1v) is 19.7. The van der Waals surface area contributed by atoms with Crippen LogP contribution < -0.4 is 0 Å². The second-order valence-electron chi connectivity index (χ2n) is 17.3. The van der Waals surface area contributed by atoms with Crippen molar-refractivity contribution >= 4 is 10.8 Å². The van der Waals surface area contributed by atoms with Gasteiger partial charge in [-0.3, -0.25) is 0 Å². The molecule has 7 aromatic rings. The summed E-state index contributed by atoms with van der Waals surface area (Å²) >= 11 is 0. The minimum absolute atomic E-state index is 0.0500. The molecule has 0 radical (unpaired) electrons. The van der Waals surface area contributed by atoms with Crippen molar-refractivity contribution in [3.05, 3.63) is 150 Å². The van der Waals surface area contributed by atoms with E-state index in [1.165, 1.54) is 81.8 Å². The van der Waals surface area contributed by atoms with Crippen LogP contribution in [0.15, 0.2) is 127 Å². The van der Waals surface area contributed by atoms with Crippen LogP contribution in [-0.2, 0) is 10.8 Å². The highest BCUT2D eigenvalue weighted by molar-refractivity contribution is 5.94. The molecule has 6 aliphatic carbocycles. The monoisotopic (exact) mass is 683 g/mol. The van der Waals surface area contributed by atoms with Crippen LogP contribution in [0.25, 0.3) is 67.2 Å². The maximum Gasteiger partial charge on any atom is 0.164 e. The Kier molecular flexibility index (Phi) is 6.02. The van der Waals surface area contributed by atoms with E-state index in [4.69, 9.17) is 15.0 Å². The Labute approximate surface area is 311 Å². The summed E-state index contributed by atoms with van der Waals surface area (Å²) in [5.74, 6) is 5.33. The lowest BCUT2D eigenvalue weighted by Gasteiger charge is -2.61. The molecule has 1 aromatic heterocycles. The SMILES string of the molecule is CC1(C)c2ccccc2-c2cc(-c3nc(-c4ccccc4)nc(-c4ccc5c(c4)C4(c6cc7ccccc7cc6-5)C5CC6CC(C5)CC4C6)n3)ccc21. The van der Waals surface area contributed by atoms with Crippen LogP contribution in [0.3, 0.4) is 0 Å². The molecule has 0 N–H and O–H groups in total. The van der Waals surface area contributed by atoms with E-state index in [0.717, 1.165) is 40.2 Å². The first-order chi connectivity index (χ1) is 25.9. The molecule has 1 heterocycles. The summed E-state index contributed by atoms with van der Waals surface area (Å²) in [6.45, 7) is 4.66. The Hall–Kier alpha value is -5.41. The van der Waals surface area contributed by atoms with Crippen molar-refractivity contribution < 1.29 is 0 Å². The van der Waals surface area contributed by atoms with Crippen molar-refractivity contribution in [2.75, 3.05) is 0 Å². The molecule has 4 saturated carbocycles. The predicted octanol–water partition coefficient (Wildman–Crippen LogP) is 12.1. The van der Waals surface area contributed by atoms with Gasteiger partial charge in [-0.15, -0.1) is 0 Å². The van der Waals surface area contributed by atoms with E-state index < -0.39 is 0 Å². The van der Waals surface area contributed by atoms with E-state index in [9.17, 15) is 0 Å². The number of nitrogens with zero attached hydrogens (tertiary/aromatic N) is 3. The molecule has 53 heavy (non-hydrogen) atoms. The van der Waals surface area contributed by atoms with Crippen LogP contribution >= 0.6 is 0 Å². The molecule has 0 amide bonds. The summed E-state index contributed by atoms with van der Waals surface area (Å²) in [6, 6.07) is 47.3. The molecular formula is C50H41N3. The van der Waals surface area contributed by atoms with Gasteiger partial charge in [0.15, 0.2) is 17.5 Å². The van der Waals surface area contributed by atoms with Crippen LogP contribution in [0.4, 0.5) is 0 Å². The summed E-state index contributed by atoms with van der Waals surface area (Å²) in [5, 5.41) is 2.69. The van der Waals surface area contributed by atoms with Gasteiger partial charge in [-0.25, -0.2) is 15.0 Å². The van der Waals surface area contributed by atoms with E-state index in [1.807, 2.05) is 0 Å². The highest BCUT2D eigenvalue weighted by Crippen LogP contribution is 2.69. The molecule has 0 unspecified atom stereocenters. The van der Waals surface area contributed by atoms with E-state index in [-0.39, 0.29) is 10.8 Å². The minimum Gasteiger partial charge on any atom is -0.208 e. The van der Waals surface area contributed by atoms with E-state index in [0.29, 0.717) is 17.7 Å². The van der Waals surface area contributed by atoms with Gasteiger partial charge in [0.2, 0.25) is 0 Å². The number of hydrogen-bond donors (Lipinski definition) is 0. The van der Waals surface area contributed by atoms with Crippen LogP contribution in [0.2, 0.25) is 0 Å². The van der Waals surface area contributed by atoms with Gasteiger partial charge in [-0.05, 0) is 135 Å². The topological polar surface area (TPSA) is 38.7 Å². The van der Waals surface area contributed by atoms with E-state index >= 15 is 0 Å². The maximum absolute atomic E-state index is 5.34. The van der Waals surface area contributed by atoms with Crippen molar-refractivity contribution in [2.24, 2.45) is 23.7 Å². The third-order valence-electron chi connectivity index (χ3n) is 14.3. The Morgan fingerprint density at radius 3 is 1.68 bits per heavy atom. The molecule has 4 fully saturated rings. The zero-order valence-electron chi connectivity index (χ0n) is 30.3. The first kappa shape index (κ1) is 30.1.